The first kappa shape index (κ1) is 13.5. The van der Waals surface area contributed by atoms with Crippen molar-refractivity contribution in [3.63, 3.8) is 0 Å². The second-order valence-corrected chi connectivity index (χ2v) is 5.72. The summed E-state index contributed by atoms with van der Waals surface area (Å²) in [6.45, 7) is 4.27. The monoisotopic (exact) mass is 332 g/mol. The zero-order valence-corrected chi connectivity index (χ0v) is 12.0. The molecule has 0 heterocycles. The smallest absolute Gasteiger partial charge is 0.163 e. The van der Waals surface area contributed by atoms with Gasteiger partial charge in [-0.05, 0) is 30.2 Å². The van der Waals surface area contributed by atoms with E-state index in [0.29, 0.717) is 16.3 Å². The maximum Gasteiger partial charge on any atom is 0.163 e. The summed E-state index contributed by atoms with van der Waals surface area (Å²) in [6.07, 6.45) is 0.602. The maximum absolute atomic E-state index is 11.9. The number of carbonyl (C=O) groups is 1. The Kier molecular flexibility index (Phi) is 5.25. The minimum absolute atomic E-state index is 0.204. The highest BCUT2D eigenvalue weighted by Gasteiger charge is 2.15. The third-order valence-electron chi connectivity index (χ3n) is 2.52. The molecule has 0 fully saturated rings. The molecule has 0 amide bonds. The summed E-state index contributed by atoms with van der Waals surface area (Å²) in [5, 5.41) is 0. The standard InChI is InChI=1S/C13H17IO2/c1-9(2)12(14)8-13(15)10-4-6-11(16-3)7-5-10/h4-7,9,12H,8H2,1-3H3. The number of Topliss-reactive ketones (excluding diaryl/α,β-unsaturated/α-hetero) is 1. The molecule has 0 aliphatic carbocycles. The number of halogens is 1. The summed E-state index contributed by atoms with van der Waals surface area (Å²) in [5.74, 6) is 1.52. The van der Waals surface area contributed by atoms with E-state index in [2.05, 4.69) is 36.4 Å². The summed E-state index contributed by atoms with van der Waals surface area (Å²) in [6, 6.07) is 7.30. The number of hydrogen-bond donors (Lipinski definition) is 0. The van der Waals surface area contributed by atoms with Crippen molar-refractivity contribution in [1.29, 1.82) is 0 Å². The zero-order chi connectivity index (χ0) is 12.1. The molecule has 3 heteroatoms. The van der Waals surface area contributed by atoms with Crippen molar-refractivity contribution in [2.75, 3.05) is 7.11 Å². The topological polar surface area (TPSA) is 26.3 Å². The molecule has 0 aliphatic rings. The van der Waals surface area contributed by atoms with E-state index in [4.69, 9.17) is 4.74 Å². The molecule has 16 heavy (non-hydrogen) atoms. The van der Waals surface area contributed by atoms with E-state index in [1.165, 1.54) is 0 Å². The third kappa shape index (κ3) is 3.77. The Bertz CT molecular complexity index is 343. The maximum atomic E-state index is 11.9. The zero-order valence-electron chi connectivity index (χ0n) is 9.87. The van der Waals surface area contributed by atoms with Crippen LogP contribution in [0.2, 0.25) is 0 Å². The van der Waals surface area contributed by atoms with Crippen LogP contribution >= 0.6 is 22.6 Å². The van der Waals surface area contributed by atoms with Gasteiger partial charge in [0.2, 0.25) is 0 Å². The van der Waals surface area contributed by atoms with Gasteiger partial charge in [-0.2, -0.15) is 0 Å². The van der Waals surface area contributed by atoms with Crippen molar-refractivity contribution in [3.8, 4) is 5.75 Å². The minimum Gasteiger partial charge on any atom is -0.497 e. The third-order valence-corrected chi connectivity index (χ3v) is 4.39. The number of alkyl halides is 1. The Morgan fingerprint density at radius 2 is 1.88 bits per heavy atom. The van der Waals surface area contributed by atoms with Gasteiger partial charge >= 0.3 is 0 Å². The highest BCUT2D eigenvalue weighted by atomic mass is 127. The van der Waals surface area contributed by atoms with E-state index < -0.39 is 0 Å². The quantitative estimate of drug-likeness (QED) is 0.467. The largest absolute Gasteiger partial charge is 0.497 e. The molecule has 1 aromatic carbocycles. The molecule has 0 bridgehead atoms. The van der Waals surface area contributed by atoms with Crippen LogP contribution in [-0.4, -0.2) is 16.8 Å². The normalized spacial score (nSPS) is 12.6. The molecular formula is C13H17IO2. The fourth-order valence-electron chi connectivity index (χ4n) is 1.31. The van der Waals surface area contributed by atoms with E-state index >= 15 is 0 Å². The SMILES string of the molecule is COc1ccc(C(=O)CC(I)C(C)C)cc1. The van der Waals surface area contributed by atoms with Crippen LogP contribution in [0.1, 0.15) is 30.6 Å². The Balaban J connectivity index is 2.66. The molecule has 2 nitrogen and oxygen atoms in total. The van der Waals surface area contributed by atoms with Crippen LogP contribution in [0.3, 0.4) is 0 Å². The number of benzene rings is 1. The molecule has 0 radical (unpaired) electrons. The second kappa shape index (κ2) is 6.23. The van der Waals surface area contributed by atoms with Gasteiger partial charge in [-0.1, -0.05) is 36.4 Å². The first-order chi connectivity index (χ1) is 7.54. The predicted octanol–water partition coefficient (Wildman–Crippen LogP) is 3.73. The Morgan fingerprint density at radius 1 is 1.31 bits per heavy atom. The van der Waals surface area contributed by atoms with Crippen LogP contribution in [0, 0.1) is 5.92 Å². The summed E-state index contributed by atoms with van der Waals surface area (Å²) >= 11 is 2.34. The van der Waals surface area contributed by atoms with Crippen molar-refractivity contribution in [1.82, 2.24) is 0 Å². The first-order valence-corrected chi connectivity index (χ1v) is 6.60. The van der Waals surface area contributed by atoms with Gasteiger partial charge in [-0.25, -0.2) is 0 Å². The molecular weight excluding hydrogens is 315 g/mol. The highest BCUT2D eigenvalue weighted by molar-refractivity contribution is 14.1. The molecule has 88 valence electrons. The summed E-state index contributed by atoms with van der Waals surface area (Å²) < 4.78 is 5.45. The molecule has 1 aromatic rings. The summed E-state index contributed by atoms with van der Waals surface area (Å²) in [4.78, 5) is 11.9. The number of methoxy groups -OCH3 is 1. The van der Waals surface area contributed by atoms with Gasteiger partial charge in [0.1, 0.15) is 5.75 Å². The van der Waals surface area contributed by atoms with Gasteiger partial charge in [0, 0.05) is 15.9 Å². The van der Waals surface area contributed by atoms with Crippen LogP contribution in [0.25, 0.3) is 0 Å². The molecule has 0 aromatic heterocycles. The molecule has 0 spiro atoms. The van der Waals surface area contributed by atoms with E-state index in [-0.39, 0.29) is 5.78 Å². The van der Waals surface area contributed by atoms with Gasteiger partial charge in [-0.3, -0.25) is 4.79 Å². The van der Waals surface area contributed by atoms with E-state index in [0.717, 1.165) is 11.3 Å². The fourth-order valence-corrected chi connectivity index (χ4v) is 1.71. The van der Waals surface area contributed by atoms with E-state index in [1.807, 2.05) is 24.3 Å². The summed E-state index contributed by atoms with van der Waals surface area (Å²) in [7, 11) is 1.62. The van der Waals surface area contributed by atoms with Crippen LogP contribution in [-0.2, 0) is 0 Å². The number of hydrogen-bond acceptors (Lipinski definition) is 2. The van der Waals surface area contributed by atoms with E-state index in [1.54, 1.807) is 7.11 Å². The molecule has 0 aliphatic heterocycles. The average Bonchev–Trinajstić information content (AvgIpc) is 2.28. The van der Waals surface area contributed by atoms with Crippen LogP contribution in [0.15, 0.2) is 24.3 Å². The minimum atomic E-state index is 0.204. The lowest BCUT2D eigenvalue weighted by atomic mass is 10.0. The lowest BCUT2D eigenvalue weighted by Gasteiger charge is -2.12. The van der Waals surface area contributed by atoms with Gasteiger partial charge in [0.15, 0.2) is 5.78 Å². The Labute approximate surface area is 111 Å². The van der Waals surface area contributed by atoms with Gasteiger partial charge in [0.25, 0.3) is 0 Å². The lowest BCUT2D eigenvalue weighted by molar-refractivity contribution is 0.0979. The van der Waals surface area contributed by atoms with E-state index in [9.17, 15) is 4.79 Å². The predicted molar refractivity (Wildman–Crippen MR) is 74.6 cm³/mol. The highest BCUT2D eigenvalue weighted by Crippen LogP contribution is 2.20. The van der Waals surface area contributed by atoms with Crippen LogP contribution in [0.4, 0.5) is 0 Å². The fraction of sp³-hybridized carbons (Fsp3) is 0.462. The Hall–Kier alpha value is -0.580. The number of ether oxygens (including phenoxy) is 1. The number of ketones is 1. The number of carbonyl (C=O) groups excluding carboxylic acids is 1. The van der Waals surface area contributed by atoms with Crippen molar-refractivity contribution in [3.05, 3.63) is 29.8 Å². The van der Waals surface area contributed by atoms with Gasteiger partial charge in [0.05, 0.1) is 7.11 Å². The first-order valence-electron chi connectivity index (χ1n) is 5.36. The van der Waals surface area contributed by atoms with Gasteiger partial charge in [-0.15, -0.1) is 0 Å². The van der Waals surface area contributed by atoms with Crippen molar-refractivity contribution in [2.24, 2.45) is 5.92 Å². The lowest BCUT2D eigenvalue weighted by Crippen LogP contribution is -2.13. The van der Waals surface area contributed by atoms with Crippen molar-refractivity contribution < 1.29 is 9.53 Å². The van der Waals surface area contributed by atoms with Crippen molar-refractivity contribution >= 4 is 28.4 Å². The van der Waals surface area contributed by atoms with Crippen molar-refractivity contribution in [2.45, 2.75) is 24.2 Å². The average molecular weight is 332 g/mol. The number of rotatable bonds is 5. The molecule has 1 rings (SSSR count). The van der Waals surface area contributed by atoms with Gasteiger partial charge < -0.3 is 4.74 Å². The summed E-state index contributed by atoms with van der Waals surface area (Å²) in [5.41, 5.74) is 0.767. The van der Waals surface area contributed by atoms with Crippen LogP contribution < -0.4 is 4.74 Å². The van der Waals surface area contributed by atoms with Crippen LogP contribution in [0.5, 0.6) is 5.75 Å². The molecule has 0 saturated carbocycles. The second-order valence-electron chi connectivity index (χ2n) is 4.12. The molecule has 0 saturated heterocycles. The Morgan fingerprint density at radius 3 is 2.31 bits per heavy atom. The molecule has 0 N–H and O–H groups in total. The molecule has 1 unspecified atom stereocenters. The molecule has 1 atom stereocenters.